The van der Waals surface area contributed by atoms with Gasteiger partial charge in [0, 0.05) is 5.56 Å². The lowest BCUT2D eigenvalue weighted by molar-refractivity contribution is -0.167. The van der Waals surface area contributed by atoms with Crippen molar-refractivity contribution in [3.63, 3.8) is 0 Å². The van der Waals surface area contributed by atoms with Gasteiger partial charge in [0.05, 0.1) is 23.1 Å². The van der Waals surface area contributed by atoms with Crippen molar-refractivity contribution in [2.24, 2.45) is 5.41 Å². The molecule has 0 aliphatic heterocycles. The van der Waals surface area contributed by atoms with Gasteiger partial charge in [0.2, 0.25) is 0 Å². The third-order valence-corrected chi connectivity index (χ3v) is 7.15. The van der Waals surface area contributed by atoms with E-state index in [0.29, 0.717) is 36.5 Å². The third kappa shape index (κ3) is 5.18. The monoisotopic (exact) mass is 497 g/mol. The number of ether oxygens (including phenoxy) is 3. The quantitative estimate of drug-likeness (QED) is 0.473. The number of esters is 1. The molecule has 5 rings (SSSR count). The predicted molar refractivity (Wildman–Crippen MR) is 135 cm³/mol. The van der Waals surface area contributed by atoms with Crippen LogP contribution < -0.4 is 10.1 Å². The number of hydrogen-bond acceptors (Lipinski definition) is 5. The molecule has 7 heteroatoms. The first kappa shape index (κ1) is 25.1. The molecule has 0 aromatic heterocycles. The molecular weight excluding hydrogens is 466 g/mol. The Morgan fingerprint density at radius 2 is 1.69 bits per heavy atom. The summed E-state index contributed by atoms with van der Waals surface area (Å²) < 4.78 is 16.8. The number of alkyl carbamates (subject to hydrolysis) is 1. The molecule has 3 aliphatic rings. The summed E-state index contributed by atoms with van der Waals surface area (Å²) in [6.45, 7) is 5.77. The molecule has 2 aromatic rings. The molecule has 2 bridgehead atoms. The number of nitrogens with one attached hydrogen (secondary N) is 1. The Bertz CT molecular complexity index is 1130. The zero-order valence-electron chi connectivity index (χ0n) is 20.7. The molecule has 1 amide bonds. The molecule has 2 aromatic carbocycles. The van der Waals surface area contributed by atoms with Crippen molar-refractivity contribution in [1.29, 1.82) is 0 Å². The van der Waals surface area contributed by atoms with E-state index in [-0.39, 0.29) is 12.6 Å². The molecule has 35 heavy (non-hydrogen) atoms. The van der Waals surface area contributed by atoms with Gasteiger partial charge in [0.15, 0.2) is 0 Å². The second kappa shape index (κ2) is 9.57. The van der Waals surface area contributed by atoms with Crippen LogP contribution >= 0.6 is 11.6 Å². The highest BCUT2D eigenvalue weighted by Gasteiger charge is 2.55. The molecule has 186 valence electrons. The summed E-state index contributed by atoms with van der Waals surface area (Å²) in [5.74, 6) is 0.279. The number of benzene rings is 2. The first-order valence-corrected chi connectivity index (χ1v) is 12.2. The van der Waals surface area contributed by atoms with Crippen LogP contribution in [0.5, 0.6) is 5.75 Å². The van der Waals surface area contributed by atoms with Crippen LogP contribution in [-0.4, -0.2) is 30.3 Å². The first-order chi connectivity index (χ1) is 16.6. The van der Waals surface area contributed by atoms with Gasteiger partial charge in [0.1, 0.15) is 18.0 Å². The Balaban J connectivity index is 1.68. The van der Waals surface area contributed by atoms with Gasteiger partial charge >= 0.3 is 12.1 Å². The van der Waals surface area contributed by atoms with Gasteiger partial charge in [-0.25, -0.2) is 4.79 Å². The van der Waals surface area contributed by atoms with Gasteiger partial charge in [-0.05, 0) is 63.7 Å². The standard InChI is InChI=1S/C28H32ClNO5/c1-26(2,3)35-24(31)27-13-15-28(16-14-27,30-25(32)34-18-19-9-6-5-7-10-19)21(17-27)20-11-8-12-22(33-4)23(20)29/h5-12,17H,13-16,18H2,1-4H3,(H,30,32). The van der Waals surface area contributed by atoms with Crippen LogP contribution in [0.4, 0.5) is 4.79 Å². The van der Waals surface area contributed by atoms with Crippen LogP contribution in [0.2, 0.25) is 5.02 Å². The molecule has 0 unspecified atom stereocenters. The zero-order chi connectivity index (χ0) is 25.3. The van der Waals surface area contributed by atoms with E-state index in [0.717, 1.165) is 16.7 Å². The maximum absolute atomic E-state index is 13.3. The Hall–Kier alpha value is -2.99. The highest BCUT2D eigenvalue weighted by molar-refractivity contribution is 6.34. The number of halogens is 1. The van der Waals surface area contributed by atoms with E-state index in [1.165, 1.54) is 0 Å². The smallest absolute Gasteiger partial charge is 0.408 e. The summed E-state index contributed by atoms with van der Waals surface area (Å²) in [4.78, 5) is 26.3. The number of rotatable bonds is 6. The Morgan fingerprint density at radius 3 is 2.31 bits per heavy atom. The number of amides is 1. The van der Waals surface area contributed by atoms with E-state index in [2.05, 4.69) is 5.32 Å². The largest absolute Gasteiger partial charge is 0.495 e. The predicted octanol–water partition coefficient (Wildman–Crippen LogP) is 6.31. The van der Waals surface area contributed by atoms with E-state index in [4.69, 9.17) is 25.8 Å². The highest BCUT2D eigenvalue weighted by Crippen LogP contribution is 2.56. The van der Waals surface area contributed by atoms with Crippen molar-refractivity contribution in [1.82, 2.24) is 5.32 Å². The Kier molecular flexibility index (Phi) is 6.87. The van der Waals surface area contributed by atoms with Crippen LogP contribution in [0.25, 0.3) is 5.57 Å². The van der Waals surface area contributed by atoms with Gasteiger partial charge in [-0.1, -0.05) is 60.1 Å². The molecule has 0 saturated heterocycles. The molecule has 1 N–H and O–H groups in total. The van der Waals surface area contributed by atoms with Crippen molar-refractivity contribution >= 4 is 29.2 Å². The average Bonchev–Trinajstić information content (AvgIpc) is 2.83. The molecule has 1 saturated carbocycles. The lowest BCUT2D eigenvalue weighted by Gasteiger charge is -2.51. The van der Waals surface area contributed by atoms with Gasteiger partial charge in [0.25, 0.3) is 0 Å². The van der Waals surface area contributed by atoms with Crippen molar-refractivity contribution < 1.29 is 23.8 Å². The highest BCUT2D eigenvalue weighted by atomic mass is 35.5. The van der Waals surface area contributed by atoms with E-state index in [9.17, 15) is 9.59 Å². The van der Waals surface area contributed by atoms with Gasteiger partial charge < -0.3 is 19.5 Å². The molecule has 3 aliphatic carbocycles. The van der Waals surface area contributed by atoms with Crippen molar-refractivity contribution in [3.8, 4) is 5.75 Å². The Morgan fingerprint density at radius 1 is 1.00 bits per heavy atom. The number of hydrogen-bond donors (Lipinski definition) is 1. The molecular formula is C28H32ClNO5. The lowest BCUT2D eigenvalue weighted by Crippen LogP contribution is -2.58. The van der Waals surface area contributed by atoms with Crippen LogP contribution in [0.1, 0.15) is 57.6 Å². The van der Waals surface area contributed by atoms with E-state index in [1.54, 1.807) is 13.2 Å². The molecule has 0 radical (unpaired) electrons. The fourth-order valence-corrected chi connectivity index (χ4v) is 5.26. The van der Waals surface area contributed by atoms with E-state index < -0.39 is 22.6 Å². The summed E-state index contributed by atoms with van der Waals surface area (Å²) in [5, 5.41) is 3.56. The van der Waals surface area contributed by atoms with Crippen molar-refractivity contribution in [3.05, 3.63) is 70.8 Å². The van der Waals surface area contributed by atoms with Gasteiger partial charge in [-0.2, -0.15) is 0 Å². The Labute approximate surface area is 211 Å². The topological polar surface area (TPSA) is 73.9 Å². The van der Waals surface area contributed by atoms with Crippen molar-refractivity contribution in [2.45, 2.75) is 64.2 Å². The maximum atomic E-state index is 13.3. The van der Waals surface area contributed by atoms with E-state index in [1.807, 2.05) is 69.3 Å². The molecule has 6 nitrogen and oxygen atoms in total. The second-order valence-corrected chi connectivity index (χ2v) is 10.7. The summed E-state index contributed by atoms with van der Waals surface area (Å²) >= 11 is 6.72. The molecule has 1 fully saturated rings. The fraction of sp³-hybridized carbons (Fsp3) is 0.429. The van der Waals surface area contributed by atoms with Crippen LogP contribution in [-0.2, 0) is 20.9 Å². The summed E-state index contributed by atoms with van der Waals surface area (Å²) in [5.41, 5.74) is 0.338. The zero-order valence-corrected chi connectivity index (χ0v) is 21.4. The minimum absolute atomic E-state index is 0.170. The van der Waals surface area contributed by atoms with Crippen LogP contribution in [0.3, 0.4) is 0 Å². The third-order valence-electron chi connectivity index (χ3n) is 6.76. The number of carbonyl (C=O) groups excluding carboxylic acids is 2. The lowest BCUT2D eigenvalue weighted by atomic mass is 9.57. The van der Waals surface area contributed by atoms with Crippen molar-refractivity contribution in [2.75, 3.05) is 7.11 Å². The maximum Gasteiger partial charge on any atom is 0.408 e. The van der Waals surface area contributed by atoms with Gasteiger partial charge in [-0.15, -0.1) is 0 Å². The van der Waals surface area contributed by atoms with E-state index >= 15 is 0 Å². The van der Waals surface area contributed by atoms with Crippen LogP contribution in [0, 0.1) is 5.41 Å². The van der Waals surface area contributed by atoms with Gasteiger partial charge in [-0.3, -0.25) is 4.79 Å². The number of carbonyl (C=O) groups is 2. The molecule has 0 heterocycles. The summed E-state index contributed by atoms with van der Waals surface area (Å²) in [6.07, 6.45) is 3.69. The number of methoxy groups -OCH3 is 1. The summed E-state index contributed by atoms with van der Waals surface area (Å²) in [6, 6.07) is 15.1. The SMILES string of the molecule is COc1cccc(C2=CC3(C(=O)OC(C)(C)C)CCC2(NC(=O)OCc2ccccc2)CC3)c1Cl. The molecule has 0 atom stereocenters. The first-order valence-electron chi connectivity index (χ1n) is 11.9. The number of fused-ring (bicyclic) bond motifs is 2. The molecule has 0 spiro atoms. The minimum atomic E-state index is -0.771. The normalized spacial score (nSPS) is 23.3. The second-order valence-electron chi connectivity index (χ2n) is 10.3. The minimum Gasteiger partial charge on any atom is -0.495 e. The average molecular weight is 498 g/mol. The summed E-state index contributed by atoms with van der Waals surface area (Å²) in [7, 11) is 1.56. The van der Waals surface area contributed by atoms with Crippen LogP contribution in [0.15, 0.2) is 54.6 Å². The fourth-order valence-electron chi connectivity index (χ4n) is 4.95.